The molecule has 0 aromatic heterocycles. The average Bonchev–Trinajstić information content (AvgIpc) is 3.05. The molecule has 1 amide bonds. The number of nitrogens with one attached hydrogen (secondary N) is 1. The second-order valence-electron chi connectivity index (χ2n) is 8.42. The SMILES string of the molecule is Cc1ccc(C)c(S(=O)(=O)N(C)CC(=O)Nc2cccc(S(=O)(=O)N3CCCCCC3)c2)c1. The van der Waals surface area contributed by atoms with Gasteiger partial charge in [-0.15, -0.1) is 0 Å². The maximum absolute atomic E-state index is 13.0. The van der Waals surface area contributed by atoms with Crippen molar-refractivity contribution in [2.24, 2.45) is 0 Å². The monoisotopic (exact) mass is 493 g/mol. The highest BCUT2D eigenvalue weighted by atomic mass is 32.2. The van der Waals surface area contributed by atoms with E-state index in [1.807, 2.05) is 6.07 Å². The first-order valence-corrected chi connectivity index (χ1v) is 13.8. The van der Waals surface area contributed by atoms with Crippen LogP contribution in [0.25, 0.3) is 0 Å². The van der Waals surface area contributed by atoms with Crippen molar-refractivity contribution in [2.75, 3.05) is 32.0 Å². The number of carbonyl (C=O) groups excluding carboxylic acids is 1. The van der Waals surface area contributed by atoms with Gasteiger partial charge in [0.1, 0.15) is 0 Å². The van der Waals surface area contributed by atoms with Crippen LogP contribution in [0.15, 0.2) is 52.3 Å². The Kier molecular flexibility index (Phi) is 7.94. The van der Waals surface area contributed by atoms with E-state index in [1.54, 1.807) is 38.1 Å². The van der Waals surface area contributed by atoms with Crippen LogP contribution >= 0.6 is 0 Å². The third kappa shape index (κ3) is 6.00. The molecule has 8 nitrogen and oxygen atoms in total. The first-order valence-electron chi connectivity index (χ1n) is 11.0. The Morgan fingerprint density at radius 1 is 0.970 bits per heavy atom. The summed E-state index contributed by atoms with van der Waals surface area (Å²) in [4.78, 5) is 12.8. The molecule has 0 unspecified atom stereocenters. The third-order valence-corrected chi connectivity index (χ3v) is 9.56. The molecule has 0 bridgehead atoms. The Balaban J connectivity index is 1.72. The van der Waals surface area contributed by atoms with Crippen molar-refractivity contribution < 1.29 is 21.6 Å². The highest BCUT2D eigenvalue weighted by molar-refractivity contribution is 7.89. The molecule has 0 atom stereocenters. The molecule has 1 heterocycles. The number of carbonyl (C=O) groups is 1. The molecule has 2 aromatic carbocycles. The van der Waals surface area contributed by atoms with Gasteiger partial charge in [-0.1, -0.05) is 31.0 Å². The molecule has 33 heavy (non-hydrogen) atoms. The van der Waals surface area contributed by atoms with E-state index in [4.69, 9.17) is 0 Å². The maximum Gasteiger partial charge on any atom is 0.243 e. The number of nitrogens with zero attached hydrogens (tertiary/aromatic N) is 2. The number of sulfonamides is 2. The summed E-state index contributed by atoms with van der Waals surface area (Å²) in [5.41, 5.74) is 1.70. The normalized spacial score (nSPS) is 15.9. The Morgan fingerprint density at radius 3 is 2.30 bits per heavy atom. The Morgan fingerprint density at radius 2 is 1.64 bits per heavy atom. The molecule has 1 aliphatic heterocycles. The van der Waals surface area contributed by atoms with Gasteiger partial charge in [-0.3, -0.25) is 4.79 Å². The zero-order valence-corrected chi connectivity index (χ0v) is 20.9. The number of amides is 1. The van der Waals surface area contributed by atoms with Gasteiger partial charge in [-0.25, -0.2) is 16.8 Å². The molecule has 0 aliphatic carbocycles. The molecule has 2 aromatic rings. The maximum atomic E-state index is 13.0. The van der Waals surface area contributed by atoms with E-state index in [-0.39, 0.29) is 9.79 Å². The first-order chi connectivity index (χ1) is 15.5. The molecule has 1 fully saturated rings. The number of anilines is 1. The van der Waals surface area contributed by atoms with Crippen LogP contribution in [0, 0.1) is 13.8 Å². The summed E-state index contributed by atoms with van der Waals surface area (Å²) >= 11 is 0. The van der Waals surface area contributed by atoms with Gasteiger partial charge in [0.15, 0.2) is 0 Å². The molecule has 1 saturated heterocycles. The quantitative estimate of drug-likeness (QED) is 0.638. The zero-order chi connectivity index (χ0) is 24.2. The van der Waals surface area contributed by atoms with E-state index in [1.165, 1.54) is 23.5 Å². The van der Waals surface area contributed by atoms with Gasteiger partial charge in [0, 0.05) is 25.8 Å². The minimum absolute atomic E-state index is 0.110. The number of hydrogen-bond donors (Lipinski definition) is 1. The van der Waals surface area contributed by atoms with Crippen molar-refractivity contribution in [2.45, 2.75) is 49.3 Å². The summed E-state index contributed by atoms with van der Waals surface area (Å²) in [6, 6.07) is 11.2. The zero-order valence-electron chi connectivity index (χ0n) is 19.2. The topological polar surface area (TPSA) is 104 Å². The molecule has 1 N–H and O–H groups in total. The first kappa shape index (κ1) is 25.4. The average molecular weight is 494 g/mol. The third-order valence-electron chi connectivity index (χ3n) is 5.72. The van der Waals surface area contributed by atoms with Gasteiger partial charge < -0.3 is 5.32 Å². The number of hydrogen-bond acceptors (Lipinski definition) is 5. The highest BCUT2D eigenvalue weighted by Crippen LogP contribution is 2.23. The second-order valence-corrected chi connectivity index (χ2v) is 12.4. The van der Waals surface area contributed by atoms with Crippen molar-refractivity contribution in [3.05, 3.63) is 53.6 Å². The van der Waals surface area contributed by atoms with Crippen LogP contribution in [0.5, 0.6) is 0 Å². The summed E-state index contributed by atoms with van der Waals surface area (Å²) < 4.78 is 54.4. The fraction of sp³-hybridized carbons (Fsp3) is 0.435. The Hall–Kier alpha value is -2.27. The second kappa shape index (κ2) is 10.3. The molecule has 1 aliphatic rings. The molecule has 10 heteroatoms. The van der Waals surface area contributed by atoms with Crippen LogP contribution in [0.4, 0.5) is 5.69 Å². The lowest BCUT2D eigenvalue weighted by molar-refractivity contribution is -0.116. The van der Waals surface area contributed by atoms with Crippen LogP contribution < -0.4 is 5.32 Å². The van der Waals surface area contributed by atoms with Crippen LogP contribution in [0.1, 0.15) is 36.8 Å². The van der Waals surface area contributed by atoms with Crippen LogP contribution in [-0.2, 0) is 24.8 Å². The van der Waals surface area contributed by atoms with E-state index in [0.717, 1.165) is 35.6 Å². The largest absolute Gasteiger partial charge is 0.325 e. The van der Waals surface area contributed by atoms with Crippen LogP contribution in [0.2, 0.25) is 0 Å². The van der Waals surface area contributed by atoms with Crippen molar-refractivity contribution in [3.8, 4) is 0 Å². The van der Waals surface area contributed by atoms with Crippen LogP contribution in [-0.4, -0.2) is 58.0 Å². The number of likely N-dealkylation sites (N-methyl/N-ethyl adjacent to an activating group) is 1. The predicted molar refractivity (Wildman–Crippen MR) is 128 cm³/mol. The van der Waals surface area contributed by atoms with Gasteiger partial charge in [0.05, 0.1) is 16.3 Å². The van der Waals surface area contributed by atoms with E-state index < -0.39 is 32.5 Å². The van der Waals surface area contributed by atoms with Crippen molar-refractivity contribution >= 4 is 31.6 Å². The van der Waals surface area contributed by atoms with Gasteiger partial charge in [-0.2, -0.15) is 8.61 Å². The van der Waals surface area contributed by atoms with E-state index >= 15 is 0 Å². The van der Waals surface area contributed by atoms with Gasteiger partial charge in [0.25, 0.3) is 0 Å². The van der Waals surface area contributed by atoms with E-state index in [9.17, 15) is 21.6 Å². The predicted octanol–water partition coefficient (Wildman–Crippen LogP) is 3.13. The highest BCUT2D eigenvalue weighted by Gasteiger charge is 2.27. The molecule has 180 valence electrons. The number of aryl methyl sites for hydroxylation is 2. The minimum Gasteiger partial charge on any atom is -0.325 e. The van der Waals surface area contributed by atoms with Crippen molar-refractivity contribution in [1.29, 1.82) is 0 Å². The number of rotatable bonds is 7. The lowest BCUT2D eigenvalue weighted by atomic mass is 10.2. The Bertz CT molecular complexity index is 1220. The fourth-order valence-electron chi connectivity index (χ4n) is 3.81. The summed E-state index contributed by atoms with van der Waals surface area (Å²) in [5.74, 6) is -0.560. The molecule has 3 rings (SSSR count). The van der Waals surface area contributed by atoms with Crippen molar-refractivity contribution in [1.82, 2.24) is 8.61 Å². The lowest BCUT2D eigenvalue weighted by Crippen LogP contribution is -2.35. The van der Waals surface area contributed by atoms with E-state index in [0.29, 0.717) is 24.3 Å². The summed E-state index contributed by atoms with van der Waals surface area (Å²) in [6.07, 6.45) is 3.69. The molecular formula is C23H31N3O5S2. The smallest absolute Gasteiger partial charge is 0.243 e. The minimum atomic E-state index is -3.86. The Labute approximate surface area is 196 Å². The van der Waals surface area contributed by atoms with E-state index in [2.05, 4.69) is 5.32 Å². The van der Waals surface area contributed by atoms with Gasteiger partial charge in [-0.05, 0) is 62.1 Å². The number of benzene rings is 2. The van der Waals surface area contributed by atoms with Crippen molar-refractivity contribution in [3.63, 3.8) is 0 Å². The fourth-order valence-corrected chi connectivity index (χ4v) is 6.80. The lowest BCUT2D eigenvalue weighted by Gasteiger charge is -2.21. The standard InChI is InChI=1S/C23H31N3O5S2/c1-18-11-12-19(2)22(15-18)33(30,31)25(3)17-23(27)24-20-9-8-10-21(16-20)32(28,29)26-13-6-4-5-7-14-26/h8-12,15-16H,4-7,13-14,17H2,1-3H3,(H,24,27). The van der Waals surface area contributed by atoms with Gasteiger partial charge in [0.2, 0.25) is 26.0 Å². The molecular weight excluding hydrogens is 462 g/mol. The summed E-state index contributed by atoms with van der Waals surface area (Å²) in [6.45, 7) is 4.08. The molecule has 0 radical (unpaired) electrons. The molecule has 0 spiro atoms. The van der Waals surface area contributed by atoms with Crippen LogP contribution in [0.3, 0.4) is 0 Å². The summed E-state index contributed by atoms with van der Waals surface area (Å²) in [7, 11) is -6.17. The summed E-state index contributed by atoms with van der Waals surface area (Å²) in [5, 5.41) is 2.62. The van der Waals surface area contributed by atoms with Gasteiger partial charge >= 0.3 is 0 Å². The molecule has 0 saturated carbocycles.